The van der Waals surface area contributed by atoms with Gasteiger partial charge in [0.15, 0.2) is 5.17 Å². The van der Waals surface area contributed by atoms with Crippen LogP contribution in [-0.4, -0.2) is 33.2 Å². The molecule has 21 heavy (non-hydrogen) atoms. The van der Waals surface area contributed by atoms with E-state index < -0.39 is 4.92 Å². The molecule has 6 nitrogen and oxygen atoms in total. The molecule has 0 aliphatic carbocycles. The van der Waals surface area contributed by atoms with Crippen molar-refractivity contribution in [3.05, 3.63) is 45.6 Å². The fraction of sp³-hybridized carbons (Fsp3) is 0.286. The maximum Gasteiger partial charge on any atom is 0.278 e. The van der Waals surface area contributed by atoms with Crippen LogP contribution >= 0.6 is 11.8 Å². The number of nitro groups is 1. The van der Waals surface area contributed by atoms with Gasteiger partial charge in [0.25, 0.3) is 11.6 Å². The molecule has 1 aromatic rings. The van der Waals surface area contributed by atoms with Crippen molar-refractivity contribution >= 4 is 34.6 Å². The number of nitrogens with zero attached hydrogens (tertiary/aromatic N) is 3. The lowest BCUT2D eigenvalue weighted by Crippen LogP contribution is -2.30. The molecule has 0 atom stereocenters. The maximum atomic E-state index is 12.3. The largest absolute Gasteiger partial charge is 0.286 e. The van der Waals surface area contributed by atoms with Gasteiger partial charge in [0.05, 0.1) is 4.92 Å². The van der Waals surface area contributed by atoms with E-state index in [1.807, 2.05) is 0 Å². The Hall–Kier alpha value is -2.15. The van der Waals surface area contributed by atoms with Gasteiger partial charge in [-0.15, -0.1) is 0 Å². The smallest absolute Gasteiger partial charge is 0.278 e. The summed E-state index contributed by atoms with van der Waals surface area (Å²) in [5.41, 5.74) is 0.964. The van der Waals surface area contributed by atoms with Crippen molar-refractivity contribution in [1.82, 2.24) is 4.90 Å². The number of fused-ring (bicyclic) bond motifs is 1. The van der Waals surface area contributed by atoms with Gasteiger partial charge in [-0.25, -0.2) is 4.99 Å². The first kappa shape index (κ1) is 13.8. The second kappa shape index (κ2) is 5.69. The third kappa shape index (κ3) is 2.82. The summed E-state index contributed by atoms with van der Waals surface area (Å²) in [6, 6.07) is 6.19. The zero-order chi connectivity index (χ0) is 14.8. The number of thioether (sulfide) groups is 1. The van der Waals surface area contributed by atoms with Crippen LogP contribution in [0.1, 0.15) is 18.4 Å². The summed E-state index contributed by atoms with van der Waals surface area (Å²) in [7, 11) is 0. The van der Waals surface area contributed by atoms with Crippen molar-refractivity contribution in [2.75, 3.05) is 12.3 Å². The van der Waals surface area contributed by atoms with Gasteiger partial charge in [-0.3, -0.25) is 19.8 Å². The first-order valence-corrected chi connectivity index (χ1v) is 7.63. The van der Waals surface area contributed by atoms with Crippen molar-refractivity contribution in [3.63, 3.8) is 0 Å². The van der Waals surface area contributed by atoms with E-state index >= 15 is 0 Å². The molecule has 1 fully saturated rings. The minimum Gasteiger partial charge on any atom is -0.286 e. The van der Waals surface area contributed by atoms with Gasteiger partial charge < -0.3 is 0 Å². The minimum absolute atomic E-state index is 0.00588. The summed E-state index contributed by atoms with van der Waals surface area (Å²) in [6.07, 6.45) is 3.66. The molecule has 7 heteroatoms. The molecule has 0 N–H and O–H groups in total. The second-order valence-corrected chi connectivity index (χ2v) is 5.85. The predicted octanol–water partition coefficient (Wildman–Crippen LogP) is 2.66. The van der Waals surface area contributed by atoms with E-state index in [0.29, 0.717) is 17.8 Å². The number of benzene rings is 1. The number of non-ortho nitro benzene ring substituents is 1. The topological polar surface area (TPSA) is 75.8 Å². The molecule has 3 rings (SSSR count). The Morgan fingerprint density at radius 3 is 3.05 bits per heavy atom. The molecule has 108 valence electrons. The normalized spacial score (nSPS) is 20.2. The van der Waals surface area contributed by atoms with Crippen molar-refractivity contribution in [2.45, 2.75) is 12.8 Å². The van der Waals surface area contributed by atoms with E-state index in [1.165, 1.54) is 12.1 Å². The molecule has 1 amide bonds. The van der Waals surface area contributed by atoms with Crippen molar-refractivity contribution < 1.29 is 9.72 Å². The van der Waals surface area contributed by atoms with Crippen LogP contribution < -0.4 is 0 Å². The Labute approximate surface area is 125 Å². The Kier molecular flexibility index (Phi) is 3.74. The lowest BCUT2D eigenvalue weighted by molar-refractivity contribution is -0.384. The SMILES string of the molecule is O=C1/C(=C/c2cccc([N+](=O)[O-])c2)N=C2SCCCCN12. The summed E-state index contributed by atoms with van der Waals surface area (Å²) in [5.74, 6) is 0.845. The van der Waals surface area contributed by atoms with E-state index in [-0.39, 0.29) is 11.6 Å². The fourth-order valence-electron chi connectivity index (χ4n) is 2.26. The van der Waals surface area contributed by atoms with E-state index in [4.69, 9.17) is 0 Å². The van der Waals surface area contributed by atoms with E-state index in [1.54, 1.807) is 34.9 Å². The number of amidine groups is 1. The lowest BCUT2D eigenvalue weighted by atomic mass is 10.1. The van der Waals surface area contributed by atoms with Gasteiger partial charge in [0.2, 0.25) is 0 Å². The van der Waals surface area contributed by atoms with Crippen LogP contribution in [0.4, 0.5) is 5.69 Å². The lowest BCUT2D eigenvalue weighted by Gasteiger charge is -2.13. The van der Waals surface area contributed by atoms with Crippen LogP contribution in [-0.2, 0) is 4.79 Å². The first-order chi connectivity index (χ1) is 10.1. The van der Waals surface area contributed by atoms with Crippen LogP contribution in [0, 0.1) is 10.1 Å². The molecule has 1 saturated heterocycles. The average Bonchev–Trinajstić information content (AvgIpc) is 2.66. The Morgan fingerprint density at radius 2 is 2.24 bits per heavy atom. The highest BCUT2D eigenvalue weighted by Crippen LogP contribution is 2.27. The quantitative estimate of drug-likeness (QED) is 0.478. The number of nitro benzene ring substituents is 1. The molecule has 1 aromatic carbocycles. The Morgan fingerprint density at radius 1 is 1.38 bits per heavy atom. The van der Waals surface area contributed by atoms with Crippen molar-refractivity contribution in [2.24, 2.45) is 4.99 Å². The average molecular weight is 303 g/mol. The molecule has 0 radical (unpaired) electrons. The molecule has 0 saturated carbocycles. The maximum absolute atomic E-state index is 12.3. The number of hydrogen-bond donors (Lipinski definition) is 0. The third-order valence-electron chi connectivity index (χ3n) is 3.30. The van der Waals surface area contributed by atoms with Crippen molar-refractivity contribution in [3.8, 4) is 0 Å². The highest BCUT2D eigenvalue weighted by molar-refractivity contribution is 8.13. The van der Waals surface area contributed by atoms with Gasteiger partial charge >= 0.3 is 0 Å². The standard InChI is InChI=1S/C14H13N3O3S/c18-13-12(15-14-16(13)6-1-2-7-21-14)9-10-4-3-5-11(8-10)17(19)20/h3-5,8-9H,1-2,6-7H2/b12-9-. The van der Waals surface area contributed by atoms with E-state index in [0.717, 1.165) is 23.8 Å². The van der Waals surface area contributed by atoms with Gasteiger partial charge in [0, 0.05) is 24.4 Å². The predicted molar refractivity (Wildman–Crippen MR) is 81.9 cm³/mol. The Balaban J connectivity index is 1.91. The minimum atomic E-state index is -0.451. The fourth-order valence-corrected chi connectivity index (χ4v) is 3.28. The second-order valence-electron chi connectivity index (χ2n) is 4.79. The van der Waals surface area contributed by atoms with Crippen LogP contribution in [0.3, 0.4) is 0 Å². The van der Waals surface area contributed by atoms with E-state index in [9.17, 15) is 14.9 Å². The molecule has 0 bridgehead atoms. The monoisotopic (exact) mass is 303 g/mol. The van der Waals surface area contributed by atoms with Crippen LogP contribution in [0.5, 0.6) is 0 Å². The van der Waals surface area contributed by atoms with Crippen molar-refractivity contribution in [1.29, 1.82) is 0 Å². The van der Waals surface area contributed by atoms with Gasteiger partial charge in [-0.2, -0.15) is 0 Å². The number of aliphatic imine (C=N–C) groups is 1. The molecule has 0 aromatic heterocycles. The van der Waals surface area contributed by atoms with Gasteiger partial charge in [0.1, 0.15) is 5.70 Å². The molecular formula is C14H13N3O3S. The molecule has 2 heterocycles. The van der Waals surface area contributed by atoms with Crippen LogP contribution in [0.2, 0.25) is 0 Å². The summed E-state index contributed by atoms with van der Waals surface area (Å²) in [4.78, 5) is 28.7. The molecule has 0 unspecified atom stereocenters. The summed E-state index contributed by atoms with van der Waals surface area (Å²) in [6.45, 7) is 0.691. The number of carbonyl (C=O) groups excluding carboxylic acids is 1. The number of rotatable bonds is 2. The van der Waals surface area contributed by atoms with Crippen LogP contribution in [0.15, 0.2) is 35.0 Å². The highest BCUT2D eigenvalue weighted by atomic mass is 32.2. The molecule has 0 spiro atoms. The van der Waals surface area contributed by atoms with Gasteiger partial charge in [-0.05, 0) is 24.5 Å². The van der Waals surface area contributed by atoms with Gasteiger partial charge in [-0.1, -0.05) is 23.9 Å². The highest BCUT2D eigenvalue weighted by Gasteiger charge is 2.31. The Bertz CT molecular complexity index is 669. The first-order valence-electron chi connectivity index (χ1n) is 6.65. The number of carbonyl (C=O) groups is 1. The number of amides is 1. The third-order valence-corrected chi connectivity index (χ3v) is 4.37. The zero-order valence-corrected chi connectivity index (χ0v) is 12.0. The zero-order valence-electron chi connectivity index (χ0n) is 11.2. The molecular weight excluding hydrogens is 290 g/mol. The summed E-state index contributed by atoms with van der Waals surface area (Å²) in [5, 5.41) is 11.5. The molecule has 2 aliphatic rings. The summed E-state index contributed by atoms with van der Waals surface area (Å²) >= 11 is 1.59. The molecule has 2 aliphatic heterocycles. The van der Waals surface area contributed by atoms with Crippen LogP contribution in [0.25, 0.3) is 6.08 Å². The van der Waals surface area contributed by atoms with E-state index in [2.05, 4.69) is 4.99 Å². The summed E-state index contributed by atoms with van der Waals surface area (Å²) < 4.78 is 0. The number of hydrogen-bond acceptors (Lipinski definition) is 5.